The summed E-state index contributed by atoms with van der Waals surface area (Å²) in [5.74, 6) is 0.0150. The van der Waals surface area contributed by atoms with Gasteiger partial charge in [-0.15, -0.1) is 0 Å². The lowest BCUT2D eigenvalue weighted by molar-refractivity contribution is 0.363. The number of hydrogen-bond acceptors (Lipinski definition) is 4. The molecule has 2 N–H and O–H groups in total. The molecular weight excluding hydrogens is 317 g/mol. The van der Waals surface area contributed by atoms with Gasteiger partial charge in [0.2, 0.25) is 0 Å². The third kappa shape index (κ3) is 2.86. The Morgan fingerprint density at radius 2 is 2.00 bits per heavy atom. The lowest BCUT2D eigenvalue weighted by atomic mass is 10.1. The number of hydrogen-bond donors (Lipinski definition) is 1. The van der Waals surface area contributed by atoms with Crippen molar-refractivity contribution in [2.45, 2.75) is 32.7 Å². The van der Waals surface area contributed by atoms with E-state index in [4.69, 9.17) is 17.3 Å². The zero-order valence-corrected chi connectivity index (χ0v) is 13.9. The predicted octanol–water partition coefficient (Wildman–Crippen LogP) is 3.55. The van der Waals surface area contributed by atoms with Gasteiger partial charge in [0.1, 0.15) is 18.0 Å². The number of nitrogens with two attached hydrogens (primary N) is 1. The molecule has 0 amide bonds. The molecule has 120 valence electrons. The summed E-state index contributed by atoms with van der Waals surface area (Å²) < 4.78 is 15.3. The molecule has 7 heteroatoms. The van der Waals surface area contributed by atoms with E-state index >= 15 is 0 Å². The first-order valence-corrected chi connectivity index (χ1v) is 7.57. The summed E-state index contributed by atoms with van der Waals surface area (Å²) in [5.41, 5.74) is 7.74. The molecule has 0 atom stereocenters. The molecule has 0 fully saturated rings. The molecule has 3 aromatic rings. The number of nitrogens with zero attached hydrogens (tertiary/aromatic N) is 4. The average Bonchev–Trinajstić information content (AvgIpc) is 2.83. The van der Waals surface area contributed by atoms with Crippen molar-refractivity contribution < 1.29 is 4.39 Å². The van der Waals surface area contributed by atoms with Crippen LogP contribution in [0.3, 0.4) is 0 Å². The number of benzene rings is 1. The van der Waals surface area contributed by atoms with Gasteiger partial charge in [-0.3, -0.25) is 0 Å². The van der Waals surface area contributed by atoms with Crippen LogP contribution in [0.5, 0.6) is 0 Å². The fourth-order valence-electron chi connectivity index (χ4n) is 2.50. The summed E-state index contributed by atoms with van der Waals surface area (Å²) in [5, 5.41) is 5.81. The summed E-state index contributed by atoms with van der Waals surface area (Å²) in [6, 6.07) is 4.27. The van der Waals surface area contributed by atoms with Gasteiger partial charge in [-0.1, -0.05) is 11.6 Å². The SMILES string of the molecule is CC(C)(C)n1nc(Cc2cc(F)ccc2Cl)c2c(N)ncnc21. The molecule has 2 aromatic heterocycles. The van der Waals surface area contributed by atoms with Gasteiger partial charge in [0, 0.05) is 11.4 Å². The van der Waals surface area contributed by atoms with E-state index in [-0.39, 0.29) is 11.4 Å². The van der Waals surface area contributed by atoms with E-state index in [0.717, 1.165) is 0 Å². The molecule has 0 saturated carbocycles. The first-order valence-electron chi connectivity index (χ1n) is 7.20. The highest BCUT2D eigenvalue weighted by molar-refractivity contribution is 6.31. The van der Waals surface area contributed by atoms with Crippen molar-refractivity contribution in [1.82, 2.24) is 19.7 Å². The third-order valence-electron chi connectivity index (χ3n) is 3.57. The molecule has 0 saturated heterocycles. The van der Waals surface area contributed by atoms with Crippen LogP contribution in [0.4, 0.5) is 10.2 Å². The van der Waals surface area contributed by atoms with Gasteiger partial charge >= 0.3 is 0 Å². The zero-order valence-electron chi connectivity index (χ0n) is 13.1. The Kier molecular flexibility index (Phi) is 3.72. The standard InChI is InChI=1S/C16H17ClFN5/c1-16(2,3)23-15-13(14(19)20-8-21-15)12(22-23)7-9-6-10(18)4-5-11(9)17/h4-6,8H,7H2,1-3H3,(H2,19,20,21). The van der Waals surface area contributed by atoms with Gasteiger partial charge < -0.3 is 5.73 Å². The molecule has 0 unspecified atom stereocenters. The molecule has 0 bridgehead atoms. The Hall–Kier alpha value is -2.21. The molecule has 0 aliphatic heterocycles. The normalized spacial score (nSPS) is 12.0. The molecule has 2 heterocycles. The van der Waals surface area contributed by atoms with Crippen LogP contribution in [0.1, 0.15) is 32.0 Å². The van der Waals surface area contributed by atoms with Gasteiger partial charge in [-0.05, 0) is 44.5 Å². The quantitative estimate of drug-likeness (QED) is 0.778. The topological polar surface area (TPSA) is 69.6 Å². The molecule has 5 nitrogen and oxygen atoms in total. The second-order valence-corrected chi connectivity index (χ2v) is 6.81. The maximum absolute atomic E-state index is 13.5. The summed E-state index contributed by atoms with van der Waals surface area (Å²) in [4.78, 5) is 8.36. The van der Waals surface area contributed by atoms with Crippen molar-refractivity contribution in [3.63, 3.8) is 0 Å². The molecule has 0 aliphatic rings. The van der Waals surface area contributed by atoms with Gasteiger partial charge in [0.25, 0.3) is 0 Å². The second kappa shape index (κ2) is 5.45. The van der Waals surface area contributed by atoms with E-state index < -0.39 is 0 Å². The van der Waals surface area contributed by atoms with Crippen LogP contribution in [0.15, 0.2) is 24.5 Å². The average molecular weight is 334 g/mol. The highest BCUT2D eigenvalue weighted by atomic mass is 35.5. The number of halogens is 2. The number of fused-ring (bicyclic) bond motifs is 1. The fourth-order valence-corrected chi connectivity index (χ4v) is 2.68. The van der Waals surface area contributed by atoms with E-state index in [2.05, 4.69) is 15.1 Å². The molecule has 3 rings (SSSR count). The van der Waals surface area contributed by atoms with Crippen LogP contribution in [-0.4, -0.2) is 19.7 Å². The highest BCUT2D eigenvalue weighted by Gasteiger charge is 2.23. The summed E-state index contributed by atoms with van der Waals surface area (Å²) in [6.45, 7) is 6.07. The van der Waals surface area contributed by atoms with E-state index in [1.165, 1.54) is 24.5 Å². The number of aromatic nitrogens is 4. The van der Waals surface area contributed by atoms with E-state index in [1.807, 2.05) is 25.5 Å². The molecule has 1 aromatic carbocycles. The Labute approximate surface area is 138 Å². The fraction of sp³-hybridized carbons (Fsp3) is 0.312. The monoisotopic (exact) mass is 333 g/mol. The van der Waals surface area contributed by atoms with Crippen LogP contribution in [-0.2, 0) is 12.0 Å². The third-order valence-corrected chi connectivity index (χ3v) is 3.94. The van der Waals surface area contributed by atoms with Crippen LogP contribution in [0, 0.1) is 5.82 Å². The van der Waals surface area contributed by atoms with Crippen molar-refractivity contribution in [1.29, 1.82) is 0 Å². The molecule has 0 radical (unpaired) electrons. The lowest BCUT2D eigenvalue weighted by Crippen LogP contribution is -2.23. The Morgan fingerprint density at radius 1 is 1.26 bits per heavy atom. The van der Waals surface area contributed by atoms with Crippen molar-refractivity contribution in [3.05, 3.63) is 46.6 Å². The summed E-state index contributed by atoms with van der Waals surface area (Å²) in [7, 11) is 0. The second-order valence-electron chi connectivity index (χ2n) is 6.40. The van der Waals surface area contributed by atoms with Crippen molar-refractivity contribution in [2.24, 2.45) is 0 Å². The van der Waals surface area contributed by atoms with Gasteiger partial charge in [-0.25, -0.2) is 19.0 Å². The largest absolute Gasteiger partial charge is 0.383 e. The molecular formula is C16H17ClFN5. The zero-order chi connectivity index (χ0) is 16.8. The number of anilines is 1. The Morgan fingerprint density at radius 3 is 2.70 bits per heavy atom. The van der Waals surface area contributed by atoms with Crippen molar-refractivity contribution >= 4 is 28.5 Å². The Balaban J connectivity index is 2.20. The summed E-state index contributed by atoms with van der Waals surface area (Å²) in [6.07, 6.45) is 1.77. The van der Waals surface area contributed by atoms with Gasteiger partial charge in [0.05, 0.1) is 16.6 Å². The number of rotatable bonds is 2. The smallest absolute Gasteiger partial charge is 0.164 e. The highest BCUT2D eigenvalue weighted by Crippen LogP contribution is 2.29. The van der Waals surface area contributed by atoms with Gasteiger partial charge in [-0.2, -0.15) is 5.10 Å². The van der Waals surface area contributed by atoms with Crippen LogP contribution < -0.4 is 5.73 Å². The molecule has 0 aliphatic carbocycles. The van der Waals surface area contributed by atoms with Crippen LogP contribution in [0.2, 0.25) is 5.02 Å². The van der Waals surface area contributed by atoms with Crippen molar-refractivity contribution in [2.75, 3.05) is 5.73 Å². The minimum atomic E-state index is -0.340. The van der Waals surface area contributed by atoms with Crippen LogP contribution in [0.25, 0.3) is 11.0 Å². The maximum atomic E-state index is 13.5. The lowest BCUT2D eigenvalue weighted by Gasteiger charge is -2.19. The first kappa shape index (κ1) is 15.7. The minimum absolute atomic E-state index is 0.275. The summed E-state index contributed by atoms with van der Waals surface area (Å²) >= 11 is 6.17. The Bertz CT molecular complexity index is 882. The van der Waals surface area contributed by atoms with Crippen LogP contribution >= 0.6 is 11.6 Å². The predicted molar refractivity (Wildman–Crippen MR) is 88.9 cm³/mol. The van der Waals surface area contributed by atoms with E-state index in [0.29, 0.717) is 39.6 Å². The number of nitrogen functional groups attached to an aromatic ring is 1. The maximum Gasteiger partial charge on any atom is 0.164 e. The van der Waals surface area contributed by atoms with E-state index in [9.17, 15) is 4.39 Å². The first-order chi connectivity index (χ1) is 10.8. The van der Waals surface area contributed by atoms with Gasteiger partial charge in [0.15, 0.2) is 5.65 Å². The molecule has 23 heavy (non-hydrogen) atoms. The molecule has 0 spiro atoms. The minimum Gasteiger partial charge on any atom is -0.383 e. The van der Waals surface area contributed by atoms with E-state index in [1.54, 1.807) is 0 Å². The van der Waals surface area contributed by atoms with Crippen molar-refractivity contribution in [3.8, 4) is 0 Å².